The van der Waals surface area contributed by atoms with Gasteiger partial charge in [-0.15, -0.1) is 0 Å². The molecule has 1 aliphatic heterocycles. The van der Waals surface area contributed by atoms with Crippen molar-refractivity contribution in [2.45, 2.75) is 44.7 Å². The SMILES string of the molecule is C[C@H](CNC(=O)[C@H](C)N1CCN(CC(=O)NC2CC2)CC1)c1ccccc1. The van der Waals surface area contributed by atoms with Gasteiger partial charge in [-0.1, -0.05) is 37.3 Å². The van der Waals surface area contributed by atoms with E-state index in [4.69, 9.17) is 0 Å². The highest BCUT2D eigenvalue weighted by atomic mass is 16.2. The third kappa shape index (κ3) is 6.04. The zero-order chi connectivity index (χ0) is 19.2. The van der Waals surface area contributed by atoms with Gasteiger partial charge in [0.25, 0.3) is 0 Å². The molecule has 0 radical (unpaired) electrons. The molecule has 0 unspecified atom stereocenters. The van der Waals surface area contributed by atoms with Crippen molar-refractivity contribution in [3.63, 3.8) is 0 Å². The van der Waals surface area contributed by atoms with Crippen molar-refractivity contribution in [2.24, 2.45) is 0 Å². The lowest BCUT2D eigenvalue weighted by Crippen LogP contribution is -2.55. The predicted octanol–water partition coefficient (Wildman–Crippen LogP) is 1.19. The van der Waals surface area contributed by atoms with E-state index in [9.17, 15) is 9.59 Å². The maximum atomic E-state index is 12.5. The minimum Gasteiger partial charge on any atom is -0.354 e. The third-order valence-corrected chi connectivity index (χ3v) is 5.59. The molecule has 1 saturated carbocycles. The molecule has 1 heterocycles. The third-order valence-electron chi connectivity index (χ3n) is 5.59. The van der Waals surface area contributed by atoms with Crippen LogP contribution in [0.2, 0.25) is 0 Å². The van der Waals surface area contributed by atoms with E-state index in [1.807, 2.05) is 25.1 Å². The van der Waals surface area contributed by atoms with Gasteiger partial charge >= 0.3 is 0 Å². The molecule has 1 aliphatic carbocycles. The van der Waals surface area contributed by atoms with E-state index in [0.717, 1.165) is 39.0 Å². The molecular weight excluding hydrogens is 340 g/mol. The minimum absolute atomic E-state index is 0.0812. The van der Waals surface area contributed by atoms with Gasteiger partial charge in [-0.25, -0.2) is 0 Å². The Morgan fingerprint density at radius 3 is 2.37 bits per heavy atom. The first kappa shape index (κ1) is 19.8. The molecule has 27 heavy (non-hydrogen) atoms. The molecule has 2 aliphatic rings. The fraction of sp³-hybridized carbons (Fsp3) is 0.619. The summed E-state index contributed by atoms with van der Waals surface area (Å²) >= 11 is 0. The number of amides is 2. The quantitative estimate of drug-likeness (QED) is 0.720. The molecule has 0 spiro atoms. The van der Waals surface area contributed by atoms with Crippen LogP contribution in [0.25, 0.3) is 0 Å². The number of piperazine rings is 1. The van der Waals surface area contributed by atoms with Crippen molar-refractivity contribution in [1.29, 1.82) is 0 Å². The largest absolute Gasteiger partial charge is 0.354 e. The van der Waals surface area contributed by atoms with Crippen molar-refractivity contribution >= 4 is 11.8 Å². The summed E-state index contributed by atoms with van der Waals surface area (Å²) in [5.41, 5.74) is 1.24. The maximum absolute atomic E-state index is 12.5. The summed E-state index contributed by atoms with van der Waals surface area (Å²) in [6.07, 6.45) is 2.24. The number of carbonyl (C=O) groups excluding carboxylic acids is 2. The van der Waals surface area contributed by atoms with Gasteiger partial charge in [-0.3, -0.25) is 19.4 Å². The first-order valence-corrected chi connectivity index (χ1v) is 10.1. The van der Waals surface area contributed by atoms with Crippen LogP contribution in [-0.4, -0.2) is 73.0 Å². The first-order chi connectivity index (χ1) is 13.0. The van der Waals surface area contributed by atoms with Crippen LogP contribution in [-0.2, 0) is 9.59 Å². The molecule has 2 fully saturated rings. The Labute approximate surface area is 162 Å². The molecule has 1 aromatic rings. The molecule has 148 valence electrons. The van der Waals surface area contributed by atoms with Crippen molar-refractivity contribution in [3.05, 3.63) is 35.9 Å². The Kier molecular flexibility index (Phi) is 6.85. The summed E-state index contributed by atoms with van der Waals surface area (Å²) in [6.45, 7) is 8.52. The van der Waals surface area contributed by atoms with E-state index in [-0.39, 0.29) is 17.9 Å². The molecule has 2 amide bonds. The lowest BCUT2D eigenvalue weighted by atomic mass is 10.0. The van der Waals surface area contributed by atoms with Gasteiger partial charge in [0, 0.05) is 38.8 Å². The molecule has 6 nitrogen and oxygen atoms in total. The standard InChI is InChI=1S/C21H32N4O2/c1-16(18-6-4-3-5-7-18)14-22-21(27)17(2)25-12-10-24(11-13-25)15-20(26)23-19-8-9-19/h3-7,16-17,19H,8-15H2,1-2H3,(H,22,27)(H,23,26)/t16-,17+/m1/s1. The van der Waals surface area contributed by atoms with E-state index < -0.39 is 0 Å². The molecule has 3 rings (SSSR count). The number of hydrogen-bond acceptors (Lipinski definition) is 4. The summed E-state index contributed by atoms with van der Waals surface area (Å²) in [6, 6.07) is 10.5. The van der Waals surface area contributed by atoms with Gasteiger partial charge in [0.2, 0.25) is 11.8 Å². The summed E-state index contributed by atoms with van der Waals surface area (Å²) in [7, 11) is 0. The molecule has 2 atom stereocenters. The normalized spacial score (nSPS) is 20.7. The summed E-state index contributed by atoms with van der Waals surface area (Å²) in [4.78, 5) is 28.8. The Morgan fingerprint density at radius 2 is 1.74 bits per heavy atom. The van der Waals surface area contributed by atoms with Crippen LogP contribution in [0.4, 0.5) is 0 Å². The van der Waals surface area contributed by atoms with E-state index in [1.54, 1.807) is 0 Å². The maximum Gasteiger partial charge on any atom is 0.237 e. The highest BCUT2D eigenvalue weighted by molar-refractivity contribution is 5.81. The average Bonchev–Trinajstić information content (AvgIpc) is 3.50. The zero-order valence-electron chi connectivity index (χ0n) is 16.5. The van der Waals surface area contributed by atoms with Crippen LogP contribution in [0.3, 0.4) is 0 Å². The summed E-state index contributed by atoms with van der Waals surface area (Å²) < 4.78 is 0. The number of nitrogens with one attached hydrogen (secondary N) is 2. The number of hydrogen-bond donors (Lipinski definition) is 2. The van der Waals surface area contributed by atoms with Gasteiger partial charge in [-0.05, 0) is 31.2 Å². The highest BCUT2D eigenvalue weighted by Gasteiger charge is 2.28. The van der Waals surface area contributed by atoms with Crippen molar-refractivity contribution in [2.75, 3.05) is 39.3 Å². The zero-order valence-corrected chi connectivity index (χ0v) is 16.5. The predicted molar refractivity (Wildman–Crippen MR) is 107 cm³/mol. The minimum atomic E-state index is -0.143. The van der Waals surface area contributed by atoms with E-state index in [2.05, 4.69) is 39.5 Å². The second-order valence-electron chi connectivity index (χ2n) is 7.89. The molecule has 1 aromatic carbocycles. The monoisotopic (exact) mass is 372 g/mol. The molecule has 2 N–H and O–H groups in total. The van der Waals surface area contributed by atoms with Crippen LogP contribution >= 0.6 is 0 Å². The van der Waals surface area contributed by atoms with Crippen molar-refractivity contribution < 1.29 is 9.59 Å². The van der Waals surface area contributed by atoms with E-state index in [0.29, 0.717) is 25.0 Å². The summed E-state index contributed by atoms with van der Waals surface area (Å²) in [5, 5.41) is 6.13. The van der Waals surface area contributed by atoms with Crippen LogP contribution in [0.15, 0.2) is 30.3 Å². The van der Waals surface area contributed by atoms with Gasteiger partial charge < -0.3 is 10.6 Å². The van der Waals surface area contributed by atoms with Gasteiger partial charge in [0.05, 0.1) is 12.6 Å². The lowest BCUT2D eigenvalue weighted by Gasteiger charge is -2.37. The topological polar surface area (TPSA) is 64.7 Å². The lowest BCUT2D eigenvalue weighted by molar-refractivity contribution is -0.128. The second-order valence-corrected chi connectivity index (χ2v) is 7.89. The van der Waals surface area contributed by atoms with Crippen LogP contribution < -0.4 is 10.6 Å². The Bertz CT molecular complexity index is 624. The Hall–Kier alpha value is -1.92. The van der Waals surface area contributed by atoms with Gasteiger partial charge in [0.15, 0.2) is 0 Å². The molecule has 0 bridgehead atoms. The number of nitrogens with zero attached hydrogens (tertiary/aromatic N) is 2. The fourth-order valence-electron chi connectivity index (χ4n) is 3.48. The van der Waals surface area contributed by atoms with E-state index >= 15 is 0 Å². The smallest absolute Gasteiger partial charge is 0.237 e. The fourth-order valence-corrected chi connectivity index (χ4v) is 3.48. The van der Waals surface area contributed by atoms with Gasteiger partial charge in [-0.2, -0.15) is 0 Å². The van der Waals surface area contributed by atoms with Gasteiger partial charge in [0.1, 0.15) is 0 Å². The second kappa shape index (κ2) is 9.33. The molecule has 1 saturated heterocycles. The van der Waals surface area contributed by atoms with Crippen LogP contribution in [0.1, 0.15) is 38.2 Å². The average molecular weight is 373 g/mol. The van der Waals surface area contributed by atoms with E-state index in [1.165, 1.54) is 5.56 Å². The Morgan fingerprint density at radius 1 is 1.07 bits per heavy atom. The molecular formula is C21H32N4O2. The van der Waals surface area contributed by atoms with Crippen molar-refractivity contribution in [1.82, 2.24) is 20.4 Å². The van der Waals surface area contributed by atoms with Crippen LogP contribution in [0, 0.1) is 0 Å². The van der Waals surface area contributed by atoms with Crippen LogP contribution in [0.5, 0.6) is 0 Å². The van der Waals surface area contributed by atoms with Crippen molar-refractivity contribution in [3.8, 4) is 0 Å². The highest BCUT2D eigenvalue weighted by Crippen LogP contribution is 2.18. The molecule has 6 heteroatoms. The number of rotatable bonds is 8. The number of benzene rings is 1. The first-order valence-electron chi connectivity index (χ1n) is 10.1. The number of carbonyl (C=O) groups is 2. The Balaban J connectivity index is 1.37. The molecule has 0 aromatic heterocycles. The summed E-state index contributed by atoms with van der Waals surface area (Å²) in [5.74, 6) is 0.508.